The van der Waals surface area contributed by atoms with E-state index in [2.05, 4.69) is 9.80 Å². The van der Waals surface area contributed by atoms with Gasteiger partial charge in [-0.25, -0.2) is 0 Å². The Bertz CT molecular complexity index is 217. The van der Waals surface area contributed by atoms with Crippen molar-refractivity contribution in [2.45, 2.75) is 12.5 Å². The van der Waals surface area contributed by atoms with Crippen molar-refractivity contribution in [3.63, 3.8) is 0 Å². The third kappa shape index (κ3) is 4.89. The molecule has 94 valence electrons. The maximum atomic E-state index is 10.4. The number of carboxylic acids is 1. The summed E-state index contributed by atoms with van der Waals surface area (Å²) in [7, 11) is 0. The second kappa shape index (κ2) is 6.80. The molecule has 1 saturated heterocycles. The second-order valence-electron chi connectivity index (χ2n) is 4.12. The number of piperazine rings is 1. The molecule has 0 aliphatic carbocycles. The van der Waals surface area contributed by atoms with Gasteiger partial charge in [-0.3, -0.25) is 9.69 Å². The van der Waals surface area contributed by atoms with Crippen LogP contribution in [0.5, 0.6) is 0 Å². The number of aliphatic hydroxyl groups excluding tert-OH is 2. The number of hydrogen-bond acceptors (Lipinski definition) is 5. The van der Waals surface area contributed by atoms with Crippen LogP contribution < -0.4 is 0 Å². The molecule has 6 heteroatoms. The van der Waals surface area contributed by atoms with Gasteiger partial charge in [0.05, 0.1) is 19.1 Å². The van der Waals surface area contributed by atoms with Crippen molar-refractivity contribution >= 4 is 5.97 Å². The standard InChI is InChI=1S/C10H20N2O4/c13-8-9(14)7-12-5-3-11(4-6-12)2-1-10(15)16/h9,13-14H,1-8H2,(H,15,16). The summed E-state index contributed by atoms with van der Waals surface area (Å²) in [6, 6.07) is 0. The first-order chi connectivity index (χ1) is 7.61. The first-order valence-corrected chi connectivity index (χ1v) is 5.57. The summed E-state index contributed by atoms with van der Waals surface area (Å²) >= 11 is 0. The number of carbonyl (C=O) groups is 1. The monoisotopic (exact) mass is 232 g/mol. The fourth-order valence-corrected chi connectivity index (χ4v) is 1.81. The average Bonchev–Trinajstić information content (AvgIpc) is 2.28. The van der Waals surface area contributed by atoms with Crippen LogP contribution >= 0.6 is 0 Å². The fraction of sp³-hybridized carbons (Fsp3) is 0.900. The summed E-state index contributed by atoms with van der Waals surface area (Å²) in [5.74, 6) is -0.766. The van der Waals surface area contributed by atoms with Crippen LogP contribution in [0.1, 0.15) is 6.42 Å². The van der Waals surface area contributed by atoms with Crippen molar-refractivity contribution in [2.24, 2.45) is 0 Å². The smallest absolute Gasteiger partial charge is 0.304 e. The lowest BCUT2D eigenvalue weighted by Crippen LogP contribution is -2.49. The summed E-state index contributed by atoms with van der Waals surface area (Å²) in [4.78, 5) is 14.6. The van der Waals surface area contributed by atoms with Gasteiger partial charge < -0.3 is 20.2 Å². The largest absolute Gasteiger partial charge is 0.481 e. The quantitative estimate of drug-likeness (QED) is 0.513. The zero-order valence-corrected chi connectivity index (χ0v) is 9.38. The van der Waals surface area contributed by atoms with Crippen LogP contribution in [0.4, 0.5) is 0 Å². The van der Waals surface area contributed by atoms with Crippen molar-refractivity contribution in [1.29, 1.82) is 0 Å². The lowest BCUT2D eigenvalue weighted by molar-refractivity contribution is -0.137. The number of rotatable bonds is 6. The fourth-order valence-electron chi connectivity index (χ4n) is 1.81. The number of hydrogen-bond donors (Lipinski definition) is 3. The van der Waals surface area contributed by atoms with Gasteiger partial charge in [0.1, 0.15) is 0 Å². The molecule has 1 aliphatic heterocycles. The Labute approximate surface area is 95.1 Å². The van der Waals surface area contributed by atoms with Gasteiger partial charge in [0.15, 0.2) is 0 Å². The van der Waals surface area contributed by atoms with Crippen molar-refractivity contribution in [2.75, 3.05) is 45.9 Å². The van der Waals surface area contributed by atoms with E-state index in [1.807, 2.05) is 0 Å². The van der Waals surface area contributed by atoms with Crippen LogP contribution in [-0.4, -0.2) is 83.1 Å². The Morgan fingerprint density at radius 3 is 2.25 bits per heavy atom. The minimum absolute atomic E-state index is 0.180. The van der Waals surface area contributed by atoms with E-state index in [1.54, 1.807) is 0 Å². The molecule has 1 rings (SSSR count). The number of β-amino-alcohol motifs (C(OH)–C–C–N with tert-alkyl or cyclic N) is 1. The van der Waals surface area contributed by atoms with E-state index in [0.717, 1.165) is 26.2 Å². The van der Waals surface area contributed by atoms with Gasteiger partial charge in [0.25, 0.3) is 0 Å². The van der Waals surface area contributed by atoms with E-state index in [4.69, 9.17) is 10.2 Å². The lowest BCUT2D eigenvalue weighted by atomic mass is 10.2. The summed E-state index contributed by atoms with van der Waals surface area (Å²) in [6.07, 6.45) is -0.496. The highest BCUT2D eigenvalue weighted by molar-refractivity contribution is 5.66. The van der Waals surface area contributed by atoms with Crippen molar-refractivity contribution in [3.05, 3.63) is 0 Å². The Morgan fingerprint density at radius 2 is 1.75 bits per heavy atom. The van der Waals surface area contributed by atoms with Gasteiger partial charge >= 0.3 is 5.97 Å². The molecule has 1 atom stereocenters. The third-order valence-electron chi connectivity index (χ3n) is 2.79. The van der Waals surface area contributed by atoms with E-state index < -0.39 is 12.1 Å². The molecule has 0 aromatic rings. The molecule has 1 aliphatic rings. The van der Waals surface area contributed by atoms with Gasteiger partial charge in [0, 0.05) is 39.3 Å². The summed E-state index contributed by atoms with van der Waals surface area (Å²) in [6.45, 7) is 4.15. The van der Waals surface area contributed by atoms with Crippen LogP contribution in [0.3, 0.4) is 0 Å². The van der Waals surface area contributed by atoms with Gasteiger partial charge in [-0.2, -0.15) is 0 Å². The molecule has 0 spiro atoms. The predicted octanol–water partition coefficient (Wildman–Crippen LogP) is -1.57. The SMILES string of the molecule is O=C(O)CCN1CCN(CC(O)CO)CC1. The van der Waals surface area contributed by atoms with E-state index >= 15 is 0 Å². The molecule has 0 aromatic heterocycles. The Balaban J connectivity index is 2.15. The molecule has 3 N–H and O–H groups in total. The molecular weight excluding hydrogens is 212 g/mol. The Kier molecular flexibility index (Phi) is 5.68. The van der Waals surface area contributed by atoms with E-state index in [-0.39, 0.29) is 13.0 Å². The highest BCUT2D eigenvalue weighted by Crippen LogP contribution is 2.03. The van der Waals surface area contributed by atoms with Gasteiger partial charge in [-0.15, -0.1) is 0 Å². The Morgan fingerprint density at radius 1 is 1.19 bits per heavy atom. The van der Waals surface area contributed by atoms with Crippen LogP contribution in [0, 0.1) is 0 Å². The van der Waals surface area contributed by atoms with Gasteiger partial charge in [-0.05, 0) is 0 Å². The third-order valence-corrected chi connectivity index (χ3v) is 2.79. The molecule has 0 bridgehead atoms. The molecule has 6 nitrogen and oxygen atoms in total. The molecule has 16 heavy (non-hydrogen) atoms. The Hall–Kier alpha value is -0.690. The highest BCUT2D eigenvalue weighted by Gasteiger charge is 2.18. The normalized spacial score (nSPS) is 20.9. The van der Waals surface area contributed by atoms with E-state index in [1.165, 1.54) is 0 Å². The van der Waals surface area contributed by atoms with Gasteiger partial charge in [0.2, 0.25) is 0 Å². The number of carboxylic acid groups (broad SMARTS) is 1. The summed E-state index contributed by atoms with van der Waals surface area (Å²) < 4.78 is 0. The molecule has 1 fully saturated rings. The first kappa shape index (κ1) is 13.4. The molecule has 0 saturated carbocycles. The maximum absolute atomic E-state index is 10.4. The highest BCUT2D eigenvalue weighted by atomic mass is 16.4. The number of aliphatic hydroxyl groups is 2. The lowest BCUT2D eigenvalue weighted by Gasteiger charge is -2.35. The van der Waals surface area contributed by atoms with Crippen LogP contribution in [-0.2, 0) is 4.79 Å². The van der Waals surface area contributed by atoms with Crippen LogP contribution in [0.15, 0.2) is 0 Å². The van der Waals surface area contributed by atoms with E-state index in [9.17, 15) is 9.90 Å². The van der Waals surface area contributed by atoms with Crippen LogP contribution in [0.25, 0.3) is 0 Å². The summed E-state index contributed by atoms with van der Waals surface area (Å²) in [5, 5.41) is 26.5. The number of nitrogens with zero attached hydrogens (tertiary/aromatic N) is 2. The average molecular weight is 232 g/mol. The van der Waals surface area contributed by atoms with Crippen LogP contribution in [0.2, 0.25) is 0 Å². The molecule has 0 radical (unpaired) electrons. The molecule has 0 aromatic carbocycles. The van der Waals surface area contributed by atoms with E-state index in [0.29, 0.717) is 13.1 Å². The predicted molar refractivity (Wildman–Crippen MR) is 58.2 cm³/mol. The molecule has 1 heterocycles. The topological polar surface area (TPSA) is 84.2 Å². The van der Waals surface area contributed by atoms with Gasteiger partial charge in [-0.1, -0.05) is 0 Å². The maximum Gasteiger partial charge on any atom is 0.304 e. The van der Waals surface area contributed by atoms with Crippen molar-refractivity contribution in [1.82, 2.24) is 9.80 Å². The minimum Gasteiger partial charge on any atom is -0.481 e. The minimum atomic E-state index is -0.766. The molecule has 0 amide bonds. The second-order valence-corrected chi connectivity index (χ2v) is 4.12. The first-order valence-electron chi connectivity index (χ1n) is 5.57. The summed E-state index contributed by atoms with van der Waals surface area (Å²) in [5.41, 5.74) is 0. The molecular formula is C10H20N2O4. The van der Waals surface area contributed by atoms with Crippen molar-refractivity contribution < 1.29 is 20.1 Å². The number of aliphatic carboxylic acids is 1. The zero-order valence-electron chi connectivity index (χ0n) is 9.38. The van der Waals surface area contributed by atoms with Crippen molar-refractivity contribution in [3.8, 4) is 0 Å². The zero-order chi connectivity index (χ0) is 12.0. The molecule has 1 unspecified atom stereocenters.